The van der Waals surface area contributed by atoms with Crippen molar-refractivity contribution in [3.8, 4) is 0 Å². The Labute approximate surface area is 115 Å². The predicted octanol–water partition coefficient (Wildman–Crippen LogP) is 1.32. The van der Waals surface area contributed by atoms with Crippen LogP contribution in [0, 0.1) is 0 Å². The van der Waals surface area contributed by atoms with Crippen LogP contribution in [-0.4, -0.2) is 48.1 Å². The lowest BCUT2D eigenvalue weighted by Crippen LogP contribution is -2.55. The molecule has 1 saturated heterocycles. The van der Waals surface area contributed by atoms with Crippen molar-refractivity contribution in [1.29, 1.82) is 0 Å². The van der Waals surface area contributed by atoms with Gasteiger partial charge in [-0.3, -0.25) is 9.59 Å². The molecule has 2 atom stereocenters. The van der Waals surface area contributed by atoms with E-state index in [9.17, 15) is 9.59 Å². The second-order valence-corrected chi connectivity index (χ2v) is 5.40. The average molecular weight is 270 g/mol. The molecule has 19 heavy (non-hydrogen) atoms. The standard InChI is InChI=1S/C14H26N2O3/c1-5-8-19-9-7-16-11(3)10-12(17)15-14(4,6-2)13(16)18/h11H,5-10H2,1-4H3,(H,15,17). The quantitative estimate of drug-likeness (QED) is 0.741. The summed E-state index contributed by atoms with van der Waals surface area (Å²) in [6.45, 7) is 9.46. The summed E-state index contributed by atoms with van der Waals surface area (Å²) in [7, 11) is 0. The summed E-state index contributed by atoms with van der Waals surface area (Å²) in [5, 5.41) is 2.85. The zero-order valence-electron chi connectivity index (χ0n) is 12.5. The van der Waals surface area contributed by atoms with Gasteiger partial charge in [0.15, 0.2) is 0 Å². The third kappa shape index (κ3) is 3.93. The molecule has 0 aromatic heterocycles. The van der Waals surface area contributed by atoms with Crippen LogP contribution in [0.3, 0.4) is 0 Å². The molecule has 0 aromatic rings. The molecule has 0 saturated carbocycles. The average Bonchev–Trinajstić information content (AvgIpc) is 2.44. The molecule has 1 aliphatic rings. The second kappa shape index (κ2) is 6.89. The van der Waals surface area contributed by atoms with E-state index in [0.717, 1.165) is 6.42 Å². The van der Waals surface area contributed by atoms with E-state index in [4.69, 9.17) is 4.74 Å². The molecule has 1 heterocycles. The monoisotopic (exact) mass is 270 g/mol. The summed E-state index contributed by atoms with van der Waals surface area (Å²) >= 11 is 0. The number of nitrogens with one attached hydrogen (secondary N) is 1. The van der Waals surface area contributed by atoms with Gasteiger partial charge < -0.3 is 15.0 Å². The van der Waals surface area contributed by atoms with E-state index in [1.807, 2.05) is 13.8 Å². The lowest BCUT2D eigenvalue weighted by Gasteiger charge is -2.33. The van der Waals surface area contributed by atoms with Gasteiger partial charge >= 0.3 is 0 Å². The Morgan fingerprint density at radius 3 is 2.63 bits per heavy atom. The summed E-state index contributed by atoms with van der Waals surface area (Å²) in [4.78, 5) is 26.2. The Balaban J connectivity index is 2.75. The highest BCUT2D eigenvalue weighted by Gasteiger charge is 2.41. The van der Waals surface area contributed by atoms with Gasteiger partial charge in [-0.25, -0.2) is 0 Å². The molecule has 5 heteroatoms. The highest BCUT2D eigenvalue weighted by molar-refractivity contribution is 5.93. The lowest BCUT2D eigenvalue weighted by molar-refractivity contribution is -0.140. The molecule has 0 spiro atoms. The van der Waals surface area contributed by atoms with Gasteiger partial charge in [-0.2, -0.15) is 0 Å². The number of rotatable bonds is 6. The third-order valence-corrected chi connectivity index (χ3v) is 3.69. The summed E-state index contributed by atoms with van der Waals surface area (Å²) in [6, 6.07) is -0.0777. The summed E-state index contributed by atoms with van der Waals surface area (Å²) in [5.74, 6) is -0.0596. The molecule has 1 N–H and O–H groups in total. The SMILES string of the molecule is CCCOCCN1C(=O)C(C)(CC)NC(=O)CC1C. The Bertz CT molecular complexity index is 333. The zero-order valence-corrected chi connectivity index (χ0v) is 12.5. The molecule has 2 amide bonds. The van der Waals surface area contributed by atoms with Crippen LogP contribution in [0.1, 0.15) is 47.0 Å². The molecule has 0 aromatic carbocycles. The van der Waals surface area contributed by atoms with Crippen LogP contribution in [0.5, 0.6) is 0 Å². The van der Waals surface area contributed by atoms with Gasteiger partial charge in [0, 0.05) is 25.6 Å². The molecule has 5 nitrogen and oxygen atoms in total. The van der Waals surface area contributed by atoms with Gasteiger partial charge in [0.2, 0.25) is 11.8 Å². The third-order valence-electron chi connectivity index (χ3n) is 3.69. The van der Waals surface area contributed by atoms with Crippen LogP contribution < -0.4 is 5.32 Å². The fraction of sp³-hybridized carbons (Fsp3) is 0.857. The van der Waals surface area contributed by atoms with Gasteiger partial charge in [0.25, 0.3) is 0 Å². The molecule has 1 rings (SSSR count). The van der Waals surface area contributed by atoms with Crippen molar-refractivity contribution in [3.05, 3.63) is 0 Å². The van der Waals surface area contributed by atoms with Gasteiger partial charge in [0.1, 0.15) is 5.54 Å². The fourth-order valence-corrected chi connectivity index (χ4v) is 2.28. The van der Waals surface area contributed by atoms with E-state index in [0.29, 0.717) is 32.6 Å². The Morgan fingerprint density at radius 1 is 1.37 bits per heavy atom. The van der Waals surface area contributed by atoms with Crippen molar-refractivity contribution in [1.82, 2.24) is 10.2 Å². The van der Waals surface area contributed by atoms with Gasteiger partial charge in [0.05, 0.1) is 6.61 Å². The van der Waals surface area contributed by atoms with Crippen LogP contribution in [0.15, 0.2) is 0 Å². The molecular weight excluding hydrogens is 244 g/mol. The highest BCUT2D eigenvalue weighted by Crippen LogP contribution is 2.20. The number of ether oxygens (including phenoxy) is 1. The number of hydrogen-bond donors (Lipinski definition) is 1. The molecule has 2 unspecified atom stereocenters. The summed E-state index contributed by atoms with van der Waals surface area (Å²) in [6.07, 6.45) is 1.92. The van der Waals surface area contributed by atoms with E-state index in [2.05, 4.69) is 12.2 Å². The van der Waals surface area contributed by atoms with Gasteiger partial charge in [-0.15, -0.1) is 0 Å². The van der Waals surface area contributed by atoms with Crippen molar-refractivity contribution >= 4 is 11.8 Å². The minimum Gasteiger partial charge on any atom is -0.380 e. The Morgan fingerprint density at radius 2 is 2.05 bits per heavy atom. The normalized spacial score (nSPS) is 28.2. The van der Waals surface area contributed by atoms with Crippen molar-refractivity contribution < 1.29 is 14.3 Å². The number of amides is 2. The van der Waals surface area contributed by atoms with Gasteiger partial charge in [-0.1, -0.05) is 13.8 Å². The smallest absolute Gasteiger partial charge is 0.248 e. The van der Waals surface area contributed by atoms with Crippen LogP contribution >= 0.6 is 0 Å². The largest absolute Gasteiger partial charge is 0.380 e. The summed E-state index contributed by atoms with van der Waals surface area (Å²) < 4.78 is 5.45. The first-order valence-corrected chi connectivity index (χ1v) is 7.14. The predicted molar refractivity (Wildman–Crippen MR) is 73.7 cm³/mol. The van der Waals surface area contributed by atoms with Crippen molar-refractivity contribution in [2.45, 2.75) is 58.5 Å². The van der Waals surface area contributed by atoms with Crippen LogP contribution in [-0.2, 0) is 14.3 Å². The minimum atomic E-state index is -0.785. The second-order valence-electron chi connectivity index (χ2n) is 5.40. The fourth-order valence-electron chi connectivity index (χ4n) is 2.28. The highest BCUT2D eigenvalue weighted by atomic mass is 16.5. The molecule has 1 aliphatic heterocycles. The van der Waals surface area contributed by atoms with E-state index < -0.39 is 5.54 Å². The molecular formula is C14H26N2O3. The van der Waals surface area contributed by atoms with E-state index in [1.54, 1.807) is 11.8 Å². The molecule has 0 bridgehead atoms. The van der Waals surface area contributed by atoms with E-state index in [-0.39, 0.29) is 17.9 Å². The van der Waals surface area contributed by atoms with Crippen LogP contribution in [0.25, 0.3) is 0 Å². The molecule has 1 fully saturated rings. The molecule has 0 aliphatic carbocycles. The lowest BCUT2D eigenvalue weighted by atomic mass is 9.97. The maximum absolute atomic E-state index is 12.6. The van der Waals surface area contributed by atoms with Crippen LogP contribution in [0.4, 0.5) is 0 Å². The van der Waals surface area contributed by atoms with Crippen molar-refractivity contribution in [2.24, 2.45) is 0 Å². The number of hydrogen-bond acceptors (Lipinski definition) is 3. The number of carbonyl (C=O) groups excluding carboxylic acids is 2. The Kier molecular flexibility index (Phi) is 5.79. The first-order valence-electron chi connectivity index (χ1n) is 7.14. The van der Waals surface area contributed by atoms with Crippen molar-refractivity contribution in [2.75, 3.05) is 19.8 Å². The number of nitrogens with zero attached hydrogens (tertiary/aromatic N) is 1. The first-order chi connectivity index (χ1) is 8.94. The topological polar surface area (TPSA) is 58.6 Å². The maximum Gasteiger partial charge on any atom is 0.248 e. The zero-order chi connectivity index (χ0) is 14.5. The summed E-state index contributed by atoms with van der Waals surface area (Å²) in [5.41, 5.74) is -0.785. The molecule has 0 radical (unpaired) electrons. The van der Waals surface area contributed by atoms with E-state index in [1.165, 1.54) is 0 Å². The maximum atomic E-state index is 12.6. The molecule has 110 valence electrons. The van der Waals surface area contributed by atoms with Crippen molar-refractivity contribution in [3.63, 3.8) is 0 Å². The van der Waals surface area contributed by atoms with Gasteiger partial charge in [-0.05, 0) is 26.7 Å². The number of carbonyl (C=O) groups is 2. The minimum absolute atomic E-state index is 0.00607. The van der Waals surface area contributed by atoms with Crippen LogP contribution in [0.2, 0.25) is 0 Å². The van der Waals surface area contributed by atoms with E-state index >= 15 is 0 Å². The Hall–Kier alpha value is -1.10. The first kappa shape index (κ1) is 16.0.